The first-order chi connectivity index (χ1) is 12.8. The highest BCUT2D eigenvalue weighted by atomic mass is 79.9. The van der Waals surface area contributed by atoms with E-state index in [1.54, 1.807) is 0 Å². The van der Waals surface area contributed by atoms with Gasteiger partial charge in [0.1, 0.15) is 0 Å². The fourth-order valence-electron chi connectivity index (χ4n) is 3.41. The minimum atomic E-state index is -0.378. The van der Waals surface area contributed by atoms with Gasteiger partial charge in [-0.2, -0.15) is 0 Å². The van der Waals surface area contributed by atoms with Crippen LogP contribution in [0.2, 0.25) is 0 Å². The van der Waals surface area contributed by atoms with E-state index in [0.29, 0.717) is 17.9 Å². The molecule has 0 bridgehead atoms. The maximum Gasteiger partial charge on any atom is 0.310 e. The van der Waals surface area contributed by atoms with Crippen LogP contribution in [0.4, 0.5) is 4.39 Å². The largest absolute Gasteiger partial charge is 0.490 e. The third-order valence-electron chi connectivity index (χ3n) is 4.55. The average molecular weight is 436 g/mol. The number of aryl methyl sites for hydroxylation is 3. The van der Waals surface area contributed by atoms with Crippen molar-refractivity contribution in [3.05, 3.63) is 44.9 Å². The molecule has 0 amide bonds. The van der Waals surface area contributed by atoms with Crippen LogP contribution in [0.3, 0.4) is 0 Å². The second kappa shape index (κ2) is 7.97. The number of nitrogens with zero attached hydrogens (tertiary/aromatic N) is 1. The summed E-state index contributed by atoms with van der Waals surface area (Å²) in [5, 5.41) is 0. The Bertz CT molecular complexity index is 896. The molecule has 0 aliphatic carbocycles. The van der Waals surface area contributed by atoms with E-state index in [2.05, 4.69) is 20.9 Å². The Morgan fingerprint density at radius 1 is 1.33 bits per heavy atom. The molecule has 1 aliphatic rings. The molecule has 0 unspecified atom stereocenters. The van der Waals surface area contributed by atoms with E-state index in [0.717, 1.165) is 45.4 Å². The molecule has 144 valence electrons. The summed E-state index contributed by atoms with van der Waals surface area (Å²) in [5.41, 5.74) is 4.62. The molecule has 27 heavy (non-hydrogen) atoms. The van der Waals surface area contributed by atoms with Crippen molar-refractivity contribution in [1.29, 1.82) is 0 Å². The Hall–Kier alpha value is -1.95. The summed E-state index contributed by atoms with van der Waals surface area (Å²) in [6.07, 6.45) is 1.52. The first-order valence-corrected chi connectivity index (χ1v) is 9.87. The van der Waals surface area contributed by atoms with Gasteiger partial charge in [-0.3, -0.25) is 9.78 Å². The van der Waals surface area contributed by atoms with E-state index in [9.17, 15) is 9.18 Å². The number of benzene rings is 1. The van der Waals surface area contributed by atoms with Gasteiger partial charge in [-0.05, 0) is 85.3 Å². The van der Waals surface area contributed by atoms with Crippen molar-refractivity contribution in [1.82, 2.24) is 4.98 Å². The summed E-state index contributed by atoms with van der Waals surface area (Å²) in [6, 6.07) is 3.42. The summed E-state index contributed by atoms with van der Waals surface area (Å²) in [5.74, 6) is -0.366. The quantitative estimate of drug-likeness (QED) is 0.627. The lowest BCUT2D eigenvalue weighted by Crippen LogP contribution is -2.16. The lowest BCUT2D eigenvalue weighted by molar-refractivity contribution is -0.146. The van der Waals surface area contributed by atoms with Crippen molar-refractivity contribution >= 4 is 21.9 Å². The Kier molecular flexibility index (Phi) is 5.84. The maximum absolute atomic E-state index is 14.7. The predicted molar refractivity (Wildman–Crippen MR) is 106 cm³/mol. The van der Waals surface area contributed by atoms with Gasteiger partial charge >= 0.3 is 5.97 Å². The number of rotatable bonds is 4. The first-order valence-electron chi connectivity index (χ1n) is 9.08. The minimum Gasteiger partial charge on any atom is -0.490 e. The standard InChI is InChI=1S/C21H23BrFNO3/c1-11(2)27-18(25)10-16-12(3)24-13(4)20(22)19(16)15-8-14-6-5-7-26-21(14)17(23)9-15/h8-9,11H,5-7,10H2,1-4H3. The number of aromatic nitrogens is 1. The molecule has 0 saturated heterocycles. The molecule has 0 N–H and O–H groups in total. The van der Waals surface area contributed by atoms with E-state index in [4.69, 9.17) is 9.47 Å². The Labute approximate surface area is 167 Å². The molecular formula is C21H23BrFNO3. The van der Waals surface area contributed by atoms with Gasteiger partial charge in [0.05, 0.1) is 24.8 Å². The van der Waals surface area contributed by atoms with Crippen molar-refractivity contribution < 1.29 is 18.7 Å². The molecule has 0 spiro atoms. The normalized spacial score (nSPS) is 13.3. The highest BCUT2D eigenvalue weighted by Crippen LogP contribution is 2.39. The van der Waals surface area contributed by atoms with Gasteiger partial charge in [0.25, 0.3) is 0 Å². The highest BCUT2D eigenvalue weighted by molar-refractivity contribution is 9.10. The molecule has 0 radical (unpaired) electrons. The number of pyridine rings is 1. The van der Waals surface area contributed by atoms with E-state index in [-0.39, 0.29) is 24.3 Å². The van der Waals surface area contributed by atoms with Gasteiger partial charge < -0.3 is 9.47 Å². The number of hydrogen-bond acceptors (Lipinski definition) is 4. The van der Waals surface area contributed by atoms with Crippen LogP contribution in [0, 0.1) is 19.7 Å². The van der Waals surface area contributed by atoms with Crippen molar-refractivity contribution in [3.63, 3.8) is 0 Å². The Morgan fingerprint density at radius 2 is 2.07 bits per heavy atom. The fraction of sp³-hybridized carbons (Fsp3) is 0.429. The second-order valence-corrected chi connectivity index (χ2v) is 7.86. The van der Waals surface area contributed by atoms with Crippen LogP contribution in [0.1, 0.15) is 42.8 Å². The molecule has 2 aromatic rings. The lowest BCUT2D eigenvalue weighted by Gasteiger charge is -2.21. The molecule has 4 nitrogen and oxygen atoms in total. The van der Waals surface area contributed by atoms with E-state index in [1.165, 1.54) is 6.07 Å². The molecular weight excluding hydrogens is 413 g/mol. The molecule has 0 fully saturated rings. The van der Waals surface area contributed by atoms with Crippen molar-refractivity contribution in [2.45, 2.75) is 53.1 Å². The molecule has 6 heteroatoms. The Morgan fingerprint density at radius 3 is 2.78 bits per heavy atom. The summed E-state index contributed by atoms with van der Waals surface area (Å²) >= 11 is 3.60. The van der Waals surface area contributed by atoms with Crippen LogP contribution in [-0.2, 0) is 22.4 Å². The van der Waals surface area contributed by atoms with Gasteiger partial charge in [-0.15, -0.1) is 0 Å². The van der Waals surface area contributed by atoms with Gasteiger partial charge in [0, 0.05) is 15.7 Å². The number of ether oxygens (including phenoxy) is 2. The molecule has 1 aliphatic heterocycles. The van der Waals surface area contributed by atoms with Crippen molar-refractivity contribution in [3.8, 4) is 16.9 Å². The van der Waals surface area contributed by atoms with Gasteiger partial charge in [0.2, 0.25) is 0 Å². The smallest absolute Gasteiger partial charge is 0.310 e. The van der Waals surface area contributed by atoms with Crippen LogP contribution in [0.15, 0.2) is 16.6 Å². The molecule has 0 saturated carbocycles. The first kappa shape index (κ1) is 19.8. The van der Waals surface area contributed by atoms with Crippen LogP contribution in [0.5, 0.6) is 5.75 Å². The molecule has 0 atom stereocenters. The van der Waals surface area contributed by atoms with E-state index in [1.807, 2.05) is 33.8 Å². The van der Waals surface area contributed by atoms with Crippen LogP contribution < -0.4 is 4.74 Å². The zero-order valence-corrected chi connectivity index (χ0v) is 17.6. The third-order valence-corrected chi connectivity index (χ3v) is 5.52. The van der Waals surface area contributed by atoms with Gasteiger partial charge in [0.15, 0.2) is 11.6 Å². The number of carbonyl (C=O) groups excluding carboxylic acids is 1. The number of carbonyl (C=O) groups is 1. The van der Waals surface area contributed by atoms with E-state index < -0.39 is 0 Å². The number of esters is 1. The average Bonchev–Trinajstić information content (AvgIpc) is 2.59. The van der Waals surface area contributed by atoms with Crippen LogP contribution in [-0.4, -0.2) is 23.7 Å². The fourth-order valence-corrected chi connectivity index (χ4v) is 3.96. The predicted octanol–water partition coefficient (Wildman–Crippen LogP) is 5.09. The zero-order chi connectivity index (χ0) is 19.7. The Balaban J connectivity index is 2.14. The topological polar surface area (TPSA) is 48.4 Å². The minimum absolute atomic E-state index is 0.0838. The van der Waals surface area contributed by atoms with E-state index >= 15 is 0 Å². The van der Waals surface area contributed by atoms with Crippen LogP contribution in [0.25, 0.3) is 11.1 Å². The monoisotopic (exact) mass is 435 g/mol. The number of hydrogen-bond donors (Lipinski definition) is 0. The molecule has 3 rings (SSSR count). The SMILES string of the molecule is Cc1nc(C)c(CC(=O)OC(C)C)c(-c2cc(F)c3c(c2)CCCO3)c1Br. The second-order valence-electron chi connectivity index (χ2n) is 7.06. The molecule has 1 aromatic heterocycles. The molecule has 1 aromatic carbocycles. The summed E-state index contributed by atoms with van der Waals surface area (Å²) in [4.78, 5) is 16.8. The molecule has 2 heterocycles. The highest BCUT2D eigenvalue weighted by Gasteiger charge is 2.23. The maximum atomic E-state index is 14.7. The van der Waals surface area contributed by atoms with Crippen LogP contribution >= 0.6 is 15.9 Å². The number of halogens is 2. The summed E-state index contributed by atoms with van der Waals surface area (Å²) in [6.45, 7) is 7.90. The third kappa shape index (κ3) is 4.15. The lowest BCUT2D eigenvalue weighted by atomic mass is 9.93. The van der Waals surface area contributed by atoms with Gasteiger partial charge in [-0.25, -0.2) is 4.39 Å². The zero-order valence-electron chi connectivity index (χ0n) is 16.0. The summed E-state index contributed by atoms with van der Waals surface area (Å²) < 4.78 is 26.2. The van der Waals surface area contributed by atoms with Crippen molar-refractivity contribution in [2.24, 2.45) is 0 Å². The van der Waals surface area contributed by atoms with Gasteiger partial charge in [-0.1, -0.05) is 0 Å². The van der Waals surface area contributed by atoms with Crippen molar-refractivity contribution in [2.75, 3.05) is 6.61 Å². The summed E-state index contributed by atoms with van der Waals surface area (Å²) in [7, 11) is 0. The number of fused-ring (bicyclic) bond motifs is 1.